The number of carbonyl (C=O) groups excluding carboxylic acids is 1. The van der Waals surface area contributed by atoms with Gasteiger partial charge in [0.15, 0.2) is 5.78 Å². The molecule has 1 unspecified atom stereocenters. The molecular weight excluding hydrogens is 410 g/mol. The van der Waals surface area contributed by atoms with Crippen LogP contribution in [0.3, 0.4) is 0 Å². The van der Waals surface area contributed by atoms with E-state index in [0.29, 0.717) is 16.5 Å². The highest BCUT2D eigenvalue weighted by atomic mass is 127. The topological polar surface area (TPSA) is 47.8 Å². The van der Waals surface area contributed by atoms with Crippen molar-refractivity contribution in [1.82, 2.24) is 14.5 Å². The molecule has 0 N–H and O–H groups in total. The fourth-order valence-electron chi connectivity index (χ4n) is 1.96. The van der Waals surface area contributed by atoms with Crippen molar-refractivity contribution in [1.29, 1.82) is 0 Å². The summed E-state index contributed by atoms with van der Waals surface area (Å²) >= 11 is 2.10. The number of nitrogens with zero attached hydrogens (tertiary/aromatic N) is 3. The first-order valence-corrected chi connectivity index (χ1v) is 9.87. The van der Waals surface area contributed by atoms with E-state index < -0.39 is 11.9 Å². The number of fused-ring (bicyclic) bond motifs is 1. The Balaban J connectivity index is 2.06. The van der Waals surface area contributed by atoms with Gasteiger partial charge >= 0.3 is 0 Å². The molecule has 0 amide bonds. The van der Waals surface area contributed by atoms with Crippen LogP contribution in [0.5, 0.6) is 0 Å². The first kappa shape index (κ1) is 14.5. The average Bonchev–Trinajstić information content (AvgIpc) is 2.83. The summed E-state index contributed by atoms with van der Waals surface area (Å²) in [6, 6.07) is 7.17. The third kappa shape index (κ3) is 2.67. The molecule has 0 aliphatic heterocycles. The summed E-state index contributed by atoms with van der Waals surface area (Å²) in [5.74, 6) is -1.60. The van der Waals surface area contributed by atoms with Gasteiger partial charge < -0.3 is 0 Å². The smallest absolute Gasteiger partial charge is 0.240 e. The van der Waals surface area contributed by atoms with Crippen LogP contribution in [0.15, 0.2) is 36.5 Å². The van der Waals surface area contributed by atoms with Gasteiger partial charge in [0.1, 0.15) is 0 Å². The number of ketones is 1. The van der Waals surface area contributed by atoms with E-state index in [4.69, 9.17) is 0 Å². The number of aromatic nitrogens is 3. The van der Waals surface area contributed by atoms with Gasteiger partial charge in [-0.05, 0) is 52.4 Å². The molecule has 0 aliphatic rings. The van der Waals surface area contributed by atoms with Crippen LogP contribution in [0, 0.1) is 11.9 Å². The van der Waals surface area contributed by atoms with Gasteiger partial charge in [-0.2, -0.15) is 8.78 Å². The van der Waals surface area contributed by atoms with Gasteiger partial charge in [-0.25, -0.2) is 9.44 Å². The van der Waals surface area contributed by atoms with Crippen LogP contribution >= 0.6 is 28.4 Å². The highest BCUT2D eigenvalue weighted by Gasteiger charge is 2.15. The monoisotopic (exact) mass is 417 g/mol. The van der Waals surface area contributed by atoms with E-state index >= 15 is 0 Å². The summed E-state index contributed by atoms with van der Waals surface area (Å²) < 4.78 is 28.1. The Kier molecular flexibility index (Phi) is 3.95. The van der Waals surface area contributed by atoms with Crippen molar-refractivity contribution in [2.24, 2.45) is 0 Å². The zero-order chi connectivity index (χ0) is 15.0. The number of rotatable bonds is 3. The largest absolute Gasteiger partial charge is 0.289 e. The lowest BCUT2D eigenvalue weighted by molar-refractivity contribution is 0.103. The molecule has 4 nitrogen and oxygen atoms in total. The number of halogens is 3. The molecule has 0 aliphatic carbocycles. The second kappa shape index (κ2) is 5.73. The van der Waals surface area contributed by atoms with Crippen LogP contribution < -0.4 is 0 Å². The van der Waals surface area contributed by atoms with Crippen LogP contribution in [-0.2, 0) is 0 Å². The minimum Gasteiger partial charge on any atom is -0.289 e. The van der Waals surface area contributed by atoms with E-state index in [2.05, 4.69) is 32.1 Å². The third-order valence-corrected chi connectivity index (χ3v) is 4.84. The van der Waals surface area contributed by atoms with E-state index in [9.17, 15) is 13.6 Å². The summed E-state index contributed by atoms with van der Waals surface area (Å²) in [4.78, 5) is 15.7. The van der Waals surface area contributed by atoms with Crippen LogP contribution in [0.25, 0.3) is 10.9 Å². The van der Waals surface area contributed by atoms with Crippen molar-refractivity contribution in [3.8, 4) is 0 Å². The van der Waals surface area contributed by atoms with Gasteiger partial charge in [0.2, 0.25) is 11.9 Å². The fourth-order valence-corrected chi connectivity index (χ4v) is 3.48. The van der Waals surface area contributed by atoms with Crippen LogP contribution in [0.1, 0.15) is 15.9 Å². The molecule has 0 saturated carbocycles. The molecule has 3 aromatic rings. The Labute approximate surface area is 132 Å². The lowest BCUT2D eigenvalue weighted by Crippen LogP contribution is -2.02. The molecular formula is C13H7F2IN3OP. The fraction of sp³-hybridized carbons (Fsp3) is 0. The van der Waals surface area contributed by atoms with Crippen LogP contribution in [0.2, 0.25) is 0 Å². The van der Waals surface area contributed by atoms with Crippen molar-refractivity contribution in [2.45, 2.75) is 0 Å². The summed E-state index contributed by atoms with van der Waals surface area (Å²) in [6.07, 6.45) is 1.43. The van der Waals surface area contributed by atoms with E-state index in [1.54, 1.807) is 16.6 Å². The molecule has 0 saturated heterocycles. The Morgan fingerprint density at radius 1 is 1.19 bits per heavy atom. The molecule has 8 heteroatoms. The van der Waals surface area contributed by atoms with Crippen molar-refractivity contribution < 1.29 is 13.6 Å². The molecule has 1 atom stereocenters. The highest BCUT2D eigenvalue weighted by molar-refractivity contribution is 14.2. The Hall–Kier alpha value is -1.47. The van der Waals surface area contributed by atoms with Crippen molar-refractivity contribution in [2.75, 3.05) is 0 Å². The minimum atomic E-state index is -0.655. The van der Waals surface area contributed by atoms with Gasteiger partial charge in [0, 0.05) is 17.3 Å². The molecule has 0 spiro atoms. The van der Waals surface area contributed by atoms with E-state index in [-0.39, 0.29) is 17.7 Å². The second-order valence-corrected chi connectivity index (χ2v) is 6.26. The maximum atomic E-state index is 13.8. The Morgan fingerprint density at radius 3 is 2.62 bits per heavy atom. The zero-order valence-corrected chi connectivity index (χ0v) is 13.5. The lowest BCUT2D eigenvalue weighted by Gasteiger charge is -2.02. The van der Waals surface area contributed by atoms with E-state index in [0.717, 1.165) is 12.3 Å². The Morgan fingerprint density at radius 2 is 1.95 bits per heavy atom. The molecule has 0 bridgehead atoms. The molecule has 2 heterocycles. The number of hydrogen-bond acceptors (Lipinski definition) is 3. The molecule has 1 aromatic carbocycles. The highest BCUT2D eigenvalue weighted by Crippen LogP contribution is 2.30. The van der Waals surface area contributed by atoms with Gasteiger partial charge in [0.05, 0.1) is 17.3 Å². The molecule has 106 valence electrons. The molecule has 21 heavy (non-hydrogen) atoms. The van der Waals surface area contributed by atoms with E-state index in [1.165, 1.54) is 12.1 Å². The maximum Gasteiger partial charge on any atom is 0.240 e. The number of hydrogen-bond donors (Lipinski definition) is 0. The van der Waals surface area contributed by atoms with Crippen molar-refractivity contribution in [3.63, 3.8) is 0 Å². The predicted molar refractivity (Wildman–Crippen MR) is 85.1 cm³/mol. The molecule has 0 radical (unpaired) electrons. The molecule has 3 rings (SSSR count). The predicted octanol–water partition coefficient (Wildman–Crippen LogP) is 3.73. The van der Waals surface area contributed by atoms with E-state index in [1.807, 2.05) is 0 Å². The zero-order valence-electron chi connectivity index (χ0n) is 10.3. The third-order valence-electron chi connectivity index (χ3n) is 2.97. The first-order chi connectivity index (χ1) is 10.1. The number of pyridine rings is 1. The quantitative estimate of drug-likeness (QED) is 0.283. The minimum absolute atomic E-state index is 0.249. The summed E-state index contributed by atoms with van der Waals surface area (Å²) in [6.45, 7) is 0. The summed E-state index contributed by atoms with van der Waals surface area (Å²) in [7, 11) is 0. The number of benzene rings is 1. The number of carbonyl (C=O) groups is 1. The van der Waals surface area contributed by atoms with Gasteiger partial charge in [0.25, 0.3) is 0 Å². The SMILES string of the molecule is O=C(c1ccc(F)nc1)c1ccc2c(c1)c(F)nn2PI. The van der Waals surface area contributed by atoms with Gasteiger partial charge in [-0.3, -0.25) is 4.79 Å². The van der Waals surface area contributed by atoms with Crippen LogP contribution in [-0.4, -0.2) is 20.3 Å². The normalized spacial score (nSPS) is 11.6. The second-order valence-electron chi connectivity index (χ2n) is 4.22. The van der Waals surface area contributed by atoms with Crippen LogP contribution in [0.4, 0.5) is 8.78 Å². The summed E-state index contributed by atoms with van der Waals surface area (Å²) in [5, 5.41) is 4.07. The lowest BCUT2D eigenvalue weighted by atomic mass is 10.0. The van der Waals surface area contributed by atoms with Gasteiger partial charge in [-0.15, -0.1) is 5.10 Å². The first-order valence-electron chi connectivity index (χ1n) is 5.81. The summed E-state index contributed by atoms with van der Waals surface area (Å²) in [5.41, 5.74) is 1.19. The standard InChI is InChI=1S/C13H7F2IN3OP/c14-11-4-2-8(6-17-11)12(20)7-1-3-10-9(5-7)13(15)18-19(10)21-16/h1-6,21H. The average molecular weight is 417 g/mol. The molecule has 2 aromatic heterocycles. The van der Waals surface area contributed by atoms with Gasteiger partial charge in [-0.1, -0.05) is 0 Å². The van der Waals surface area contributed by atoms with Crippen molar-refractivity contribution in [3.05, 3.63) is 59.6 Å². The maximum absolute atomic E-state index is 13.8. The Bertz CT molecular complexity index is 835. The van der Waals surface area contributed by atoms with Crippen molar-refractivity contribution >= 4 is 45.1 Å². The molecule has 0 fully saturated rings.